The van der Waals surface area contributed by atoms with Crippen LogP contribution in [-0.4, -0.2) is 21.3 Å². The minimum atomic E-state index is -1.99. The number of nitrogens with zero attached hydrogens (tertiary/aromatic N) is 1. The maximum Gasteiger partial charge on any atom is 0.245 e. The number of ether oxygens (including phenoxy) is 1. The number of nitriles is 1. The summed E-state index contributed by atoms with van der Waals surface area (Å²) in [4.78, 5) is 0. The monoisotopic (exact) mass is 243 g/mol. The standard InChI is InChI=1S/C7H8Cl3NO2/c8-7(9,10)6(12)5(4-11)2-1-3-13-6/h5,12H,1-3H2/t5?,6-/m1/s1. The van der Waals surface area contributed by atoms with Crippen LogP contribution in [-0.2, 0) is 4.74 Å². The van der Waals surface area contributed by atoms with Crippen LogP contribution < -0.4 is 0 Å². The van der Waals surface area contributed by atoms with E-state index in [1.165, 1.54) is 0 Å². The summed E-state index contributed by atoms with van der Waals surface area (Å²) in [7, 11) is 0. The molecule has 6 heteroatoms. The number of hydrogen-bond acceptors (Lipinski definition) is 3. The first-order valence-corrected chi connectivity index (χ1v) is 4.88. The highest BCUT2D eigenvalue weighted by Gasteiger charge is 2.55. The fourth-order valence-corrected chi connectivity index (χ4v) is 1.80. The lowest BCUT2D eigenvalue weighted by molar-refractivity contribution is -0.241. The molecule has 1 aliphatic rings. The van der Waals surface area contributed by atoms with E-state index in [-0.39, 0.29) is 0 Å². The Labute approximate surface area is 91.1 Å². The molecule has 2 atom stereocenters. The Morgan fingerprint density at radius 3 is 2.54 bits per heavy atom. The largest absolute Gasteiger partial charge is 0.361 e. The van der Waals surface area contributed by atoms with Crippen molar-refractivity contribution in [3.8, 4) is 6.07 Å². The van der Waals surface area contributed by atoms with Crippen molar-refractivity contribution in [2.24, 2.45) is 5.92 Å². The molecule has 1 rings (SSSR count). The third-order valence-corrected chi connectivity index (χ3v) is 2.81. The topological polar surface area (TPSA) is 53.2 Å². The van der Waals surface area contributed by atoms with E-state index in [1.807, 2.05) is 6.07 Å². The van der Waals surface area contributed by atoms with Crippen LogP contribution in [0, 0.1) is 17.2 Å². The average Bonchev–Trinajstić information content (AvgIpc) is 2.03. The molecule has 0 aromatic heterocycles. The van der Waals surface area contributed by atoms with Crippen molar-refractivity contribution in [3.05, 3.63) is 0 Å². The molecule has 74 valence electrons. The maximum absolute atomic E-state index is 9.83. The number of hydrogen-bond donors (Lipinski definition) is 1. The molecule has 1 N–H and O–H groups in total. The zero-order valence-corrected chi connectivity index (χ0v) is 8.90. The SMILES string of the molecule is N#CC1CCCO[C@@]1(O)C(Cl)(Cl)Cl. The Morgan fingerprint density at radius 1 is 1.54 bits per heavy atom. The van der Waals surface area contributed by atoms with Crippen molar-refractivity contribution in [2.75, 3.05) is 6.61 Å². The Bertz CT molecular complexity index is 235. The van der Waals surface area contributed by atoms with Gasteiger partial charge in [0.25, 0.3) is 0 Å². The summed E-state index contributed by atoms with van der Waals surface area (Å²) in [5.74, 6) is -2.78. The van der Waals surface area contributed by atoms with Gasteiger partial charge in [-0.25, -0.2) is 0 Å². The normalized spacial score (nSPS) is 35.5. The maximum atomic E-state index is 9.83. The van der Waals surface area contributed by atoms with Crippen LogP contribution in [0.2, 0.25) is 0 Å². The highest BCUT2D eigenvalue weighted by atomic mass is 35.6. The molecule has 0 aromatic rings. The molecule has 0 aliphatic carbocycles. The van der Waals surface area contributed by atoms with E-state index in [9.17, 15) is 5.11 Å². The quantitative estimate of drug-likeness (QED) is 0.663. The molecular weight excluding hydrogens is 236 g/mol. The summed E-state index contributed by atoms with van der Waals surface area (Å²) in [6, 6.07) is 1.87. The molecule has 0 aromatic carbocycles. The molecule has 0 bridgehead atoms. The van der Waals surface area contributed by atoms with E-state index in [1.54, 1.807) is 0 Å². The lowest BCUT2D eigenvalue weighted by Gasteiger charge is -2.40. The van der Waals surface area contributed by atoms with E-state index in [2.05, 4.69) is 0 Å². The fourth-order valence-electron chi connectivity index (χ4n) is 1.24. The molecule has 13 heavy (non-hydrogen) atoms. The predicted octanol–water partition coefficient (Wildman–Crippen LogP) is 2.00. The van der Waals surface area contributed by atoms with Gasteiger partial charge in [-0.05, 0) is 12.8 Å². The minimum absolute atomic E-state index is 0.294. The molecule has 1 saturated heterocycles. The van der Waals surface area contributed by atoms with Gasteiger partial charge in [-0.1, -0.05) is 34.8 Å². The van der Waals surface area contributed by atoms with Gasteiger partial charge >= 0.3 is 0 Å². The Balaban J connectivity index is 2.91. The molecule has 3 nitrogen and oxygen atoms in total. The third kappa shape index (κ3) is 2.03. The van der Waals surface area contributed by atoms with Crippen LogP contribution in [0.1, 0.15) is 12.8 Å². The molecule has 0 spiro atoms. The first kappa shape index (κ1) is 11.4. The summed E-state index contributed by atoms with van der Waals surface area (Å²) in [5.41, 5.74) is 0. The van der Waals surface area contributed by atoms with Crippen LogP contribution >= 0.6 is 34.8 Å². The first-order chi connectivity index (χ1) is 5.92. The van der Waals surface area contributed by atoms with Crippen LogP contribution in [0.3, 0.4) is 0 Å². The molecule has 0 radical (unpaired) electrons. The second-order valence-corrected chi connectivity index (χ2v) is 5.15. The van der Waals surface area contributed by atoms with Crippen LogP contribution in [0.25, 0.3) is 0 Å². The second-order valence-electron chi connectivity index (χ2n) is 2.87. The predicted molar refractivity (Wildman–Crippen MR) is 49.5 cm³/mol. The van der Waals surface area contributed by atoms with Crippen molar-refractivity contribution in [2.45, 2.75) is 22.4 Å². The number of aliphatic hydroxyl groups is 1. The molecule has 1 fully saturated rings. The van der Waals surface area contributed by atoms with Gasteiger partial charge in [-0.3, -0.25) is 0 Å². The van der Waals surface area contributed by atoms with E-state index in [4.69, 9.17) is 44.8 Å². The smallest absolute Gasteiger partial charge is 0.245 e. The van der Waals surface area contributed by atoms with Crippen LogP contribution in [0.15, 0.2) is 0 Å². The van der Waals surface area contributed by atoms with Gasteiger partial charge in [0.2, 0.25) is 9.58 Å². The van der Waals surface area contributed by atoms with Crippen LogP contribution in [0.4, 0.5) is 0 Å². The summed E-state index contributed by atoms with van der Waals surface area (Å²) >= 11 is 16.6. The van der Waals surface area contributed by atoms with Crippen molar-refractivity contribution < 1.29 is 9.84 Å². The van der Waals surface area contributed by atoms with Gasteiger partial charge in [0.1, 0.15) is 5.92 Å². The first-order valence-electron chi connectivity index (χ1n) is 3.74. The Kier molecular flexibility index (Phi) is 3.32. The van der Waals surface area contributed by atoms with Crippen molar-refractivity contribution >= 4 is 34.8 Å². The van der Waals surface area contributed by atoms with E-state index < -0.39 is 15.5 Å². The molecule has 0 amide bonds. The van der Waals surface area contributed by atoms with E-state index in [0.29, 0.717) is 19.4 Å². The van der Waals surface area contributed by atoms with Gasteiger partial charge in [-0.15, -0.1) is 0 Å². The summed E-state index contributed by atoms with van der Waals surface area (Å²) in [6.07, 6.45) is 1.15. The minimum Gasteiger partial charge on any atom is -0.361 e. The summed E-state index contributed by atoms with van der Waals surface area (Å²) < 4.78 is 2.98. The molecule has 0 saturated carbocycles. The lowest BCUT2D eigenvalue weighted by atomic mass is 9.93. The highest BCUT2D eigenvalue weighted by molar-refractivity contribution is 6.68. The van der Waals surface area contributed by atoms with E-state index >= 15 is 0 Å². The number of rotatable bonds is 0. The molecule has 1 heterocycles. The third-order valence-electron chi connectivity index (χ3n) is 1.99. The summed E-state index contributed by atoms with van der Waals surface area (Å²) in [5, 5.41) is 18.6. The molecular formula is C7H8Cl3NO2. The zero-order valence-electron chi connectivity index (χ0n) is 6.64. The molecule has 1 unspecified atom stereocenters. The van der Waals surface area contributed by atoms with Crippen molar-refractivity contribution in [1.29, 1.82) is 5.26 Å². The van der Waals surface area contributed by atoms with Gasteiger partial charge in [0.05, 0.1) is 12.7 Å². The number of alkyl halides is 3. The van der Waals surface area contributed by atoms with Gasteiger partial charge in [-0.2, -0.15) is 5.26 Å². The fraction of sp³-hybridized carbons (Fsp3) is 0.857. The van der Waals surface area contributed by atoms with E-state index in [0.717, 1.165) is 0 Å². The van der Waals surface area contributed by atoms with Crippen molar-refractivity contribution in [3.63, 3.8) is 0 Å². The number of halogens is 3. The van der Waals surface area contributed by atoms with Crippen molar-refractivity contribution in [1.82, 2.24) is 0 Å². The van der Waals surface area contributed by atoms with Crippen LogP contribution in [0.5, 0.6) is 0 Å². The summed E-state index contributed by atoms with van der Waals surface area (Å²) in [6.45, 7) is 0.294. The Morgan fingerprint density at radius 2 is 2.15 bits per heavy atom. The molecule has 1 aliphatic heterocycles. The zero-order chi connectivity index (χ0) is 10.1. The highest BCUT2D eigenvalue weighted by Crippen LogP contribution is 2.46. The second kappa shape index (κ2) is 3.80. The Hall–Kier alpha value is 0.280. The average molecular weight is 245 g/mol. The van der Waals surface area contributed by atoms with Gasteiger partial charge < -0.3 is 9.84 Å². The van der Waals surface area contributed by atoms with Gasteiger partial charge in [0.15, 0.2) is 0 Å². The van der Waals surface area contributed by atoms with Gasteiger partial charge in [0, 0.05) is 0 Å². The lowest BCUT2D eigenvalue weighted by Crippen LogP contribution is -2.53.